The number of anilines is 1. The Morgan fingerprint density at radius 2 is 1.64 bits per heavy atom. The minimum Gasteiger partial charge on any atom is -0.507 e. The van der Waals surface area contributed by atoms with Crippen LogP contribution < -0.4 is 10.1 Å². The number of esters is 1. The molecule has 4 aliphatic rings. The molecule has 0 spiro atoms. The first kappa shape index (κ1) is 44.9. The van der Waals surface area contributed by atoms with E-state index in [2.05, 4.69) is 15.3 Å². The molecule has 9 unspecified atom stereocenters. The van der Waals surface area contributed by atoms with Gasteiger partial charge in [0.1, 0.15) is 35.6 Å². The van der Waals surface area contributed by atoms with Crippen LogP contribution in [0.25, 0.3) is 10.8 Å². The molecule has 6 rings (SSSR count). The maximum absolute atomic E-state index is 14.3. The van der Waals surface area contributed by atoms with Crippen LogP contribution in [0.15, 0.2) is 47.3 Å². The number of amides is 1. The Labute approximate surface area is 343 Å². The number of likely N-dealkylation sites (N-methyl/N-ethyl adjacent to an activating group) is 1. The fraction of sp³-hybridized carbons (Fsp3) is 0.524. The number of carbonyl (C=O) groups excluding carboxylic acids is 3. The Balaban J connectivity index is 1.69. The van der Waals surface area contributed by atoms with Crippen molar-refractivity contribution in [3.8, 4) is 23.0 Å². The summed E-state index contributed by atoms with van der Waals surface area (Å²) in [6, 6.07) is 1.10. The Hall–Kier alpha value is -5.20. The highest BCUT2D eigenvalue weighted by Crippen LogP contribution is 2.53. The Bertz CT molecular complexity index is 2040. The van der Waals surface area contributed by atoms with Crippen LogP contribution in [0.3, 0.4) is 0 Å². The van der Waals surface area contributed by atoms with Crippen molar-refractivity contribution in [1.29, 1.82) is 0 Å². The van der Waals surface area contributed by atoms with Gasteiger partial charge in [-0.1, -0.05) is 39.0 Å². The zero-order chi connectivity index (χ0) is 43.5. The van der Waals surface area contributed by atoms with E-state index in [0.29, 0.717) is 26.2 Å². The highest BCUT2D eigenvalue weighted by molar-refractivity contribution is 6.23. The smallest absolute Gasteiger partial charge is 0.312 e. The van der Waals surface area contributed by atoms with Crippen molar-refractivity contribution in [3.05, 3.63) is 53.3 Å². The second-order valence-electron chi connectivity index (χ2n) is 15.6. The van der Waals surface area contributed by atoms with Crippen LogP contribution in [0.1, 0.15) is 57.5 Å². The molecule has 1 fully saturated rings. The summed E-state index contributed by atoms with van der Waals surface area (Å²) in [6.07, 6.45) is 3.05. The molecule has 17 heteroatoms. The number of hydrazone groups is 1. The van der Waals surface area contributed by atoms with Gasteiger partial charge in [0.2, 0.25) is 0 Å². The largest absolute Gasteiger partial charge is 0.507 e. The molecule has 9 atom stereocenters. The lowest BCUT2D eigenvalue weighted by Gasteiger charge is -2.38. The van der Waals surface area contributed by atoms with Gasteiger partial charge in [-0.2, -0.15) is 5.10 Å². The average Bonchev–Trinajstić information content (AvgIpc) is 3.44. The fourth-order valence-corrected chi connectivity index (χ4v) is 7.62. The number of nitrogens with one attached hydrogen (secondary N) is 1. The van der Waals surface area contributed by atoms with Crippen molar-refractivity contribution in [2.75, 3.05) is 52.8 Å². The minimum absolute atomic E-state index is 0.149. The maximum Gasteiger partial charge on any atom is 0.312 e. The summed E-state index contributed by atoms with van der Waals surface area (Å²) < 4.78 is 29.1. The van der Waals surface area contributed by atoms with Gasteiger partial charge in [0.05, 0.1) is 46.9 Å². The molecule has 6 N–H and O–H groups in total. The lowest BCUT2D eigenvalue weighted by Crippen LogP contribution is -2.50. The van der Waals surface area contributed by atoms with Gasteiger partial charge < -0.3 is 59.4 Å². The van der Waals surface area contributed by atoms with Gasteiger partial charge in [0.25, 0.3) is 11.7 Å². The van der Waals surface area contributed by atoms with Gasteiger partial charge in [0.15, 0.2) is 5.75 Å². The van der Waals surface area contributed by atoms with Crippen molar-refractivity contribution in [2.24, 2.45) is 22.9 Å². The molecule has 4 aliphatic heterocycles. The fourth-order valence-electron chi connectivity index (χ4n) is 7.62. The predicted octanol–water partition coefficient (Wildman–Crippen LogP) is 3.41. The lowest BCUT2D eigenvalue weighted by molar-refractivity contribution is -0.173. The van der Waals surface area contributed by atoms with Crippen molar-refractivity contribution < 1.29 is 63.6 Å². The molecule has 1 saturated heterocycles. The lowest BCUT2D eigenvalue weighted by atomic mass is 9.80. The third kappa shape index (κ3) is 9.18. The van der Waals surface area contributed by atoms with Crippen molar-refractivity contribution in [1.82, 2.24) is 9.91 Å². The van der Waals surface area contributed by atoms with Crippen LogP contribution in [0.5, 0.6) is 23.0 Å². The monoisotopic (exact) mass is 824 g/mol. The number of phenols is 3. The molecular formula is C42H56N4O13. The summed E-state index contributed by atoms with van der Waals surface area (Å²) >= 11 is 0. The summed E-state index contributed by atoms with van der Waals surface area (Å²) in [4.78, 5) is 42.5. The molecule has 1 amide bonds. The van der Waals surface area contributed by atoms with Gasteiger partial charge in [0, 0.05) is 89.0 Å². The number of aliphatic hydroxyl groups is 2. The number of benzene rings is 2. The summed E-state index contributed by atoms with van der Waals surface area (Å²) in [6.45, 7) is 11.6. The molecule has 0 saturated carbocycles. The highest BCUT2D eigenvalue weighted by Gasteiger charge is 2.49. The molecule has 0 radical (unpaired) electrons. The van der Waals surface area contributed by atoms with Gasteiger partial charge in [-0.15, -0.1) is 0 Å². The number of ether oxygens (including phenoxy) is 5. The molecule has 2 aromatic carbocycles. The summed E-state index contributed by atoms with van der Waals surface area (Å²) in [5, 5.41) is 66.3. The van der Waals surface area contributed by atoms with Crippen molar-refractivity contribution in [2.45, 2.75) is 77.8 Å². The number of hydrogen-bond acceptors (Lipinski definition) is 16. The van der Waals surface area contributed by atoms with Gasteiger partial charge in [-0.05, 0) is 20.0 Å². The van der Waals surface area contributed by atoms with Crippen LogP contribution >= 0.6 is 0 Å². The minimum atomic E-state index is -2.08. The van der Waals surface area contributed by atoms with E-state index in [-0.39, 0.29) is 38.9 Å². The molecule has 322 valence electrons. The summed E-state index contributed by atoms with van der Waals surface area (Å²) in [5.74, 6) is -8.27. The number of piperazine rings is 1. The van der Waals surface area contributed by atoms with Gasteiger partial charge >= 0.3 is 11.8 Å². The van der Waals surface area contributed by atoms with E-state index in [9.17, 15) is 39.9 Å². The van der Waals surface area contributed by atoms with Crippen LogP contribution in [0.2, 0.25) is 0 Å². The van der Waals surface area contributed by atoms with E-state index in [4.69, 9.17) is 23.7 Å². The molecular weight excluding hydrogens is 768 g/mol. The second kappa shape index (κ2) is 18.4. The quantitative estimate of drug-likeness (QED) is 0.110. The Morgan fingerprint density at radius 3 is 2.27 bits per heavy atom. The number of Topliss-reactive ketones (excluding diaryl/α,β-unsaturated/α-hetero) is 1. The number of allylic oxidation sites excluding steroid dienone is 2. The summed E-state index contributed by atoms with van der Waals surface area (Å²) in [5.41, 5.74) is -0.487. The number of carbonyl (C=O) groups is 3. The van der Waals surface area contributed by atoms with Crippen molar-refractivity contribution >= 4 is 40.3 Å². The summed E-state index contributed by atoms with van der Waals surface area (Å²) in [7, 11) is 4.72. The van der Waals surface area contributed by atoms with Crippen LogP contribution in [-0.2, 0) is 28.5 Å². The SMILES string of the molecule is COC1C=COC2(C)Oc3cc(O)c4c(O)c(c(C=NN5CCN(C)CC5)c(O)c4c3C2=O)NC(=O)C(C)=CC=CC(C)C(O)C(C)C(O)C(C)C(OC(C)=O)C1OC. The molecule has 17 nitrogen and oxygen atoms in total. The molecule has 0 aromatic heterocycles. The van der Waals surface area contributed by atoms with Gasteiger partial charge in [-0.25, -0.2) is 0 Å². The van der Waals surface area contributed by atoms with Crippen LogP contribution in [0, 0.1) is 17.8 Å². The number of phenolic OH excluding ortho intramolecular Hbond substituents is 3. The van der Waals surface area contributed by atoms with E-state index in [1.54, 1.807) is 37.9 Å². The number of ketones is 1. The topological polar surface area (TPSA) is 229 Å². The normalized spacial score (nSPS) is 30.1. The predicted molar refractivity (Wildman–Crippen MR) is 217 cm³/mol. The van der Waals surface area contributed by atoms with Crippen LogP contribution in [0.4, 0.5) is 5.69 Å². The Morgan fingerprint density at radius 1 is 0.966 bits per heavy atom. The van der Waals surface area contributed by atoms with Crippen LogP contribution in [-0.4, -0.2) is 143 Å². The third-order valence-electron chi connectivity index (χ3n) is 11.4. The van der Waals surface area contributed by atoms with E-state index >= 15 is 0 Å². The van der Waals surface area contributed by atoms with E-state index in [1.165, 1.54) is 53.4 Å². The first-order valence-electron chi connectivity index (χ1n) is 19.4. The Kier molecular flexibility index (Phi) is 14.0. The first-order chi connectivity index (χ1) is 27.8. The van der Waals surface area contributed by atoms with E-state index in [1.807, 2.05) is 7.05 Å². The third-order valence-corrected chi connectivity index (χ3v) is 11.4. The number of aromatic hydroxyl groups is 3. The van der Waals surface area contributed by atoms with Crippen molar-refractivity contribution in [3.63, 3.8) is 0 Å². The highest BCUT2D eigenvalue weighted by atomic mass is 16.7. The average molecular weight is 825 g/mol. The number of fused-ring (bicyclic) bond motifs is 14. The van der Waals surface area contributed by atoms with Gasteiger partial charge in [-0.3, -0.25) is 19.4 Å². The zero-order valence-corrected chi connectivity index (χ0v) is 34.8. The zero-order valence-electron chi connectivity index (χ0n) is 34.8. The standard InChI is InChI=1S/C42H56N4O13/c1-21-11-10-12-22(2)41(54)44-33-26(20-43-46-16-14-45(7)15-17-46)36(51)32-30(37(33)52)27(48)19-29-31(32)40(53)42(6,59-29)57-18-13-28(55-8)39(56-9)38(58-25(5)47)24(4)35(50)23(3)34(21)49/h10-13,18-21,23-24,28,34-35,38-39,48-52H,14-17H2,1-9H3,(H,44,54). The molecule has 2 aromatic rings. The molecule has 5 bridgehead atoms. The first-order valence-corrected chi connectivity index (χ1v) is 19.4. The number of hydrogen-bond donors (Lipinski definition) is 6. The second-order valence-corrected chi connectivity index (χ2v) is 15.6. The van der Waals surface area contributed by atoms with E-state index < -0.39 is 89.0 Å². The van der Waals surface area contributed by atoms with E-state index in [0.717, 1.165) is 12.3 Å². The molecule has 0 aliphatic carbocycles. The maximum atomic E-state index is 14.3. The number of rotatable bonds is 5. The molecule has 4 heterocycles. The number of methoxy groups -OCH3 is 2. The molecule has 59 heavy (non-hydrogen) atoms. The number of aliphatic hydroxyl groups excluding tert-OH is 2. The number of nitrogens with zero attached hydrogens (tertiary/aromatic N) is 3.